The van der Waals surface area contributed by atoms with Crippen LogP contribution in [0.25, 0.3) is 0 Å². The van der Waals surface area contributed by atoms with Gasteiger partial charge in [-0.15, -0.1) is 6.58 Å². The summed E-state index contributed by atoms with van der Waals surface area (Å²) in [4.78, 5) is 20.1. The Morgan fingerprint density at radius 1 is 1.21 bits per heavy atom. The molecule has 1 saturated carbocycles. The number of phenols is 1. The lowest BCUT2D eigenvalue weighted by atomic mass is 9.55. The van der Waals surface area contributed by atoms with Crippen molar-refractivity contribution in [1.82, 2.24) is 4.90 Å². The number of nitrogens with zero attached hydrogens (tertiary/aromatic N) is 2. The molecule has 3 aliphatic rings. The number of carbonyl (C=O) groups excluding carboxylic acids is 1. The molecule has 10 heteroatoms. The van der Waals surface area contributed by atoms with Crippen LogP contribution < -0.4 is 4.74 Å². The molecule has 0 radical (unpaired) electrons. The molecular weight excluding hydrogens is 540 g/mol. The van der Waals surface area contributed by atoms with Crippen LogP contribution in [0.1, 0.15) is 63.4 Å². The first-order valence-electron chi connectivity index (χ1n) is 15.1. The van der Waals surface area contributed by atoms with Crippen LogP contribution in [0.4, 0.5) is 4.79 Å². The number of aliphatic hydroxyl groups is 2. The molecule has 2 aliphatic carbocycles. The van der Waals surface area contributed by atoms with Gasteiger partial charge in [0.15, 0.2) is 0 Å². The van der Waals surface area contributed by atoms with Crippen LogP contribution in [0.15, 0.2) is 47.7 Å². The van der Waals surface area contributed by atoms with Crippen molar-refractivity contribution in [2.24, 2.45) is 22.9 Å². The maximum atomic E-state index is 13.0. The van der Waals surface area contributed by atoms with Crippen molar-refractivity contribution in [2.75, 3.05) is 40.6 Å². The Hall–Kier alpha value is -3.08. The first-order chi connectivity index (χ1) is 20.4. The fourth-order valence-electron chi connectivity index (χ4n) is 7.15. The summed E-state index contributed by atoms with van der Waals surface area (Å²) < 4.78 is 18.7. The Labute approximate surface area is 248 Å². The van der Waals surface area contributed by atoms with Crippen molar-refractivity contribution in [1.29, 1.82) is 0 Å². The van der Waals surface area contributed by atoms with Gasteiger partial charge in [-0.2, -0.15) is 0 Å². The molecule has 3 N–H and O–H groups in total. The third-order valence-corrected chi connectivity index (χ3v) is 8.89. The van der Waals surface area contributed by atoms with Crippen molar-refractivity contribution >= 4 is 11.8 Å². The molecule has 0 bridgehead atoms. The van der Waals surface area contributed by atoms with Crippen molar-refractivity contribution in [3.63, 3.8) is 0 Å². The molecule has 1 heterocycles. The van der Waals surface area contributed by atoms with Gasteiger partial charge in [-0.3, -0.25) is 0 Å². The van der Waals surface area contributed by atoms with E-state index in [1.807, 2.05) is 6.92 Å². The SMILES string of the molecule is C=CCOC12Oc3ccc(O)cc3C3C(CCCCO)C(CCCCO)C=C(C(=NOCC)CC1N(C)C(=O)OC)C32. The Morgan fingerprint density at radius 3 is 2.62 bits per heavy atom. The molecule has 1 aromatic carbocycles. The van der Waals surface area contributed by atoms with Crippen LogP contribution in [0.5, 0.6) is 11.5 Å². The molecule has 0 saturated heterocycles. The summed E-state index contributed by atoms with van der Waals surface area (Å²) in [5, 5.41) is 34.4. The van der Waals surface area contributed by atoms with Gasteiger partial charge in [0.1, 0.15) is 24.1 Å². The number of aliphatic hydroxyl groups excluding tert-OH is 2. The number of carbonyl (C=O) groups is 1. The fraction of sp³-hybridized carbons (Fsp3) is 0.625. The number of benzene rings is 1. The molecule has 42 heavy (non-hydrogen) atoms. The minimum absolute atomic E-state index is 0.107. The van der Waals surface area contributed by atoms with Gasteiger partial charge in [0, 0.05) is 38.2 Å². The van der Waals surface area contributed by atoms with Crippen LogP contribution in [-0.2, 0) is 14.3 Å². The zero-order valence-corrected chi connectivity index (χ0v) is 25.0. The highest BCUT2D eigenvalue weighted by Gasteiger charge is 2.65. The molecule has 0 aromatic heterocycles. The Morgan fingerprint density at radius 2 is 1.95 bits per heavy atom. The molecular formula is C32H46N2O8. The molecule has 1 aliphatic heterocycles. The number of hydrogen-bond donors (Lipinski definition) is 3. The van der Waals surface area contributed by atoms with Crippen LogP contribution in [-0.4, -0.2) is 84.4 Å². The third kappa shape index (κ3) is 6.16. The molecule has 6 atom stereocenters. The van der Waals surface area contributed by atoms with Crippen LogP contribution in [0, 0.1) is 17.8 Å². The van der Waals surface area contributed by atoms with E-state index in [9.17, 15) is 20.1 Å². The maximum absolute atomic E-state index is 13.0. The predicted octanol–water partition coefficient (Wildman–Crippen LogP) is 4.74. The minimum atomic E-state index is -1.31. The van der Waals surface area contributed by atoms with E-state index in [2.05, 4.69) is 17.8 Å². The summed E-state index contributed by atoms with van der Waals surface area (Å²) in [6.45, 7) is 6.57. The minimum Gasteiger partial charge on any atom is -0.508 e. The average molecular weight is 587 g/mol. The van der Waals surface area contributed by atoms with E-state index >= 15 is 0 Å². The van der Waals surface area contributed by atoms with Crippen molar-refractivity contribution in [3.8, 4) is 11.5 Å². The number of oxime groups is 1. The maximum Gasteiger partial charge on any atom is 0.409 e. The fourth-order valence-corrected chi connectivity index (χ4v) is 7.15. The van der Waals surface area contributed by atoms with E-state index in [-0.39, 0.29) is 43.3 Å². The largest absolute Gasteiger partial charge is 0.508 e. The van der Waals surface area contributed by atoms with E-state index in [1.165, 1.54) is 12.0 Å². The second kappa shape index (κ2) is 14.4. The standard InChI is InChI=1S/C32H46N2O8/c1-5-17-40-32-28(34(3)31(38)39-4)20-26(33-41-6-2)24-18-21(11-7-9-15-35)23(12-8-10-16-36)29(30(24)32)25-19-22(37)13-14-27(25)42-32/h5,13-14,18-19,21,23,28-30,35-37H,1,6-12,15-17,20H2,2-4H3. The molecule has 1 fully saturated rings. The summed E-state index contributed by atoms with van der Waals surface area (Å²) in [7, 11) is 3.02. The van der Waals surface area contributed by atoms with Crippen LogP contribution >= 0.6 is 0 Å². The smallest absolute Gasteiger partial charge is 0.409 e. The second-order valence-corrected chi connectivity index (χ2v) is 11.3. The third-order valence-electron chi connectivity index (χ3n) is 8.89. The molecule has 4 rings (SSSR count). The number of hydrogen-bond acceptors (Lipinski definition) is 9. The lowest BCUT2D eigenvalue weighted by molar-refractivity contribution is -0.253. The van der Waals surface area contributed by atoms with E-state index in [4.69, 9.17) is 19.0 Å². The van der Waals surface area contributed by atoms with Gasteiger partial charge in [-0.25, -0.2) is 4.79 Å². The van der Waals surface area contributed by atoms with E-state index in [0.29, 0.717) is 31.6 Å². The quantitative estimate of drug-likeness (QED) is 0.162. The highest BCUT2D eigenvalue weighted by molar-refractivity contribution is 6.02. The summed E-state index contributed by atoms with van der Waals surface area (Å²) >= 11 is 0. The second-order valence-electron chi connectivity index (χ2n) is 11.3. The van der Waals surface area contributed by atoms with Gasteiger partial charge >= 0.3 is 6.09 Å². The zero-order valence-electron chi connectivity index (χ0n) is 25.0. The molecule has 232 valence electrons. The monoisotopic (exact) mass is 586 g/mol. The number of rotatable bonds is 14. The van der Waals surface area contributed by atoms with Crippen LogP contribution in [0.2, 0.25) is 0 Å². The van der Waals surface area contributed by atoms with E-state index in [1.54, 1.807) is 31.3 Å². The highest BCUT2D eigenvalue weighted by atomic mass is 16.7. The van der Waals surface area contributed by atoms with Crippen molar-refractivity contribution in [3.05, 3.63) is 48.1 Å². The predicted molar refractivity (Wildman–Crippen MR) is 158 cm³/mol. The Balaban J connectivity index is 1.99. The number of likely N-dealkylation sites (N-methyl/N-ethyl adjacent to an activating group) is 1. The first-order valence-corrected chi connectivity index (χ1v) is 15.1. The van der Waals surface area contributed by atoms with Gasteiger partial charge in [0.25, 0.3) is 0 Å². The number of phenolic OH excluding ortho intramolecular Hbond substituents is 1. The number of ether oxygens (including phenoxy) is 3. The van der Waals surface area contributed by atoms with Crippen molar-refractivity contribution < 1.29 is 39.2 Å². The highest BCUT2D eigenvalue weighted by Crippen LogP contribution is 2.61. The van der Waals surface area contributed by atoms with E-state index < -0.39 is 23.8 Å². The van der Waals surface area contributed by atoms with Gasteiger partial charge in [-0.05, 0) is 68.2 Å². The zero-order chi connectivity index (χ0) is 30.3. The number of methoxy groups -OCH3 is 1. The first kappa shape index (κ1) is 31.8. The average Bonchev–Trinajstić information content (AvgIpc) is 3.00. The molecule has 0 spiro atoms. The van der Waals surface area contributed by atoms with Crippen molar-refractivity contribution in [2.45, 2.75) is 69.6 Å². The molecule has 10 nitrogen and oxygen atoms in total. The normalized spacial score (nSPS) is 28.6. The lowest BCUT2D eigenvalue weighted by Gasteiger charge is -2.59. The molecule has 1 aromatic rings. The molecule has 1 amide bonds. The van der Waals surface area contributed by atoms with Gasteiger partial charge in [0.2, 0.25) is 5.79 Å². The summed E-state index contributed by atoms with van der Waals surface area (Å²) in [5.74, 6) is -0.896. The van der Waals surface area contributed by atoms with Gasteiger partial charge in [0.05, 0.1) is 25.3 Å². The van der Waals surface area contributed by atoms with Crippen LogP contribution in [0.3, 0.4) is 0 Å². The number of amides is 1. The molecule has 6 unspecified atom stereocenters. The number of unbranched alkanes of at least 4 members (excludes halogenated alkanes) is 2. The summed E-state index contributed by atoms with van der Waals surface area (Å²) in [5.41, 5.74) is 2.55. The lowest BCUT2D eigenvalue weighted by Crippen LogP contribution is -2.69. The number of aromatic hydroxyl groups is 1. The summed E-state index contributed by atoms with van der Waals surface area (Å²) in [6, 6.07) is 4.52. The topological polar surface area (TPSA) is 130 Å². The Kier molecular flexibility index (Phi) is 10.9. The number of allylic oxidation sites excluding steroid dienone is 1. The van der Waals surface area contributed by atoms with Gasteiger partial charge in [-0.1, -0.05) is 30.1 Å². The Bertz CT molecular complexity index is 1150. The van der Waals surface area contributed by atoms with Gasteiger partial charge < -0.3 is 39.3 Å². The number of fused-ring (bicyclic) bond motifs is 2. The summed E-state index contributed by atoms with van der Waals surface area (Å²) in [6.07, 6.45) is 8.48. The van der Waals surface area contributed by atoms with E-state index in [0.717, 1.165) is 42.5 Å².